The van der Waals surface area contributed by atoms with E-state index in [-0.39, 0.29) is 0 Å². The predicted octanol–water partition coefficient (Wildman–Crippen LogP) is 4.19. The summed E-state index contributed by atoms with van der Waals surface area (Å²) in [5, 5.41) is 0.696. The first kappa shape index (κ1) is 11.9. The number of rotatable bonds is 4. The Balaban J connectivity index is 2.17. The molecule has 2 rings (SSSR count). The summed E-state index contributed by atoms with van der Waals surface area (Å²) in [5.74, 6) is 0.887. The number of hydrogen-bond donors (Lipinski definition) is 0. The van der Waals surface area contributed by atoms with E-state index in [0.717, 1.165) is 30.0 Å². The van der Waals surface area contributed by atoms with Crippen molar-refractivity contribution in [2.24, 2.45) is 0 Å². The normalized spacial score (nSPS) is 10.2. The third kappa shape index (κ3) is 3.21. The summed E-state index contributed by atoms with van der Waals surface area (Å²) in [7, 11) is 0. The summed E-state index contributed by atoms with van der Waals surface area (Å²) in [6.07, 6.45) is 2.72. The maximum Gasteiger partial charge on any atom is 0.119 e. The molecular formula is C14H14ClNO. The van der Waals surface area contributed by atoms with Crippen molar-refractivity contribution in [3.63, 3.8) is 0 Å². The standard InChI is InChI=1S/C14H14ClNO/c1-2-9-17-13-5-3-11(4-6-13)14-10-12(15)7-8-16-14/h3-8,10H,2,9H2,1H3. The van der Waals surface area contributed by atoms with E-state index in [0.29, 0.717) is 5.02 Å². The molecule has 0 amide bonds. The number of nitrogens with zero attached hydrogens (tertiary/aromatic N) is 1. The molecule has 0 bridgehead atoms. The molecule has 0 saturated heterocycles. The number of benzene rings is 1. The van der Waals surface area contributed by atoms with Crippen LogP contribution in [-0.4, -0.2) is 11.6 Å². The predicted molar refractivity (Wildman–Crippen MR) is 70.5 cm³/mol. The molecule has 1 heterocycles. The van der Waals surface area contributed by atoms with Gasteiger partial charge in [0.2, 0.25) is 0 Å². The number of hydrogen-bond acceptors (Lipinski definition) is 2. The van der Waals surface area contributed by atoms with Gasteiger partial charge >= 0.3 is 0 Å². The quantitative estimate of drug-likeness (QED) is 0.808. The van der Waals surface area contributed by atoms with Crippen LogP contribution < -0.4 is 4.74 Å². The molecule has 0 aliphatic heterocycles. The highest BCUT2D eigenvalue weighted by Crippen LogP contribution is 2.22. The average molecular weight is 248 g/mol. The van der Waals surface area contributed by atoms with Crippen LogP contribution in [0.25, 0.3) is 11.3 Å². The molecule has 0 aliphatic carbocycles. The van der Waals surface area contributed by atoms with Gasteiger partial charge in [-0.05, 0) is 42.8 Å². The molecular weight excluding hydrogens is 234 g/mol. The molecule has 1 aromatic carbocycles. The zero-order valence-corrected chi connectivity index (χ0v) is 10.4. The number of halogens is 1. The smallest absolute Gasteiger partial charge is 0.119 e. The van der Waals surface area contributed by atoms with Crippen molar-refractivity contribution in [2.45, 2.75) is 13.3 Å². The molecule has 0 spiro atoms. The molecule has 0 radical (unpaired) electrons. The molecule has 0 unspecified atom stereocenters. The Kier molecular flexibility index (Phi) is 3.99. The molecule has 2 nitrogen and oxygen atoms in total. The third-order valence-corrected chi connectivity index (χ3v) is 2.58. The molecule has 1 aromatic heterocycles. The molecule has 0 aliphatic rings. The highest BCUT2D eigenvalue weighted by Gasteiger charge is 2.00. The fraction of sp³-hybridized carbons (Fsp3) is 0.214. The number of ether oxygens (including phenoxy) is 1. The SMILES string of the molecule is CCCOc1ccc(-c2cc(Cl)ccn2)cc1. The molecule has 17 heavy (non-hydrogen) atoms. The van der Waals surface area contributed by atoms with Crippen LogP contribution in [0, 0.1) is 0 Å². The fourth-order valence-corrected chi connectivity index (χ4v) is 1.66. The van der Waals surface area contributed by atoms with Crippen molar-refractivity contribution in [3.8, 4) is 17.0 Å². The summed E-state index contributed by atoms with van der Waals surface area (Å²) in [5.41, 5.74) is 1.91. The minimum absolute atomic E-state index is 0.696. The Morgan fingerprint density at radius 2 is 1.94 bits per heavy atom. The molecule has 3 heteroatoms. The van der Waals surface area contributed by atoms with Crippen LogP contribution in [-0.2, 0) is 0 Å². The second kappa shape index (κ2) is 5.69. The summed E-state index contributed by atoms with van der Waals surface area (Å²) in [4.78, 5) is 4.28. The lowest BCUT2D eigenvalue weighted by molar-refractivity contribution is 0.317. The lowest BCUT2D eigenvalue weighted by Gasteiger charge is -2.05. The van der Waals surface area contributed by atoms with Crippen LogP contribution in [0.2, 0.25) is 5.02 Å². The van der Waals surface area contributed by atoms with E-state index in [1.807, 2.05) is 30.3 Å². The first-order valence-electron chi connectivity index (χ1n) is 5.64. The Bertz CT molecular complexity index is 482. The van der Waals surface area contributed by atoms with Gasteiger partial charge in [0, 0.05) is 16.8 Å². The third-order valence-electron chi connectivity index (χ3n) is 2.34. The Morgan fingerprint density at radius 1 is 1.18 bits per heavy atom. The van der Waals surface area contributed by atoms with Crippen LogP contribution in [0.3, 0.4) is 0 Å². The second-order valence-electron chi connectivity index (χ2n) is 3.73. The second-order valence-corrected chi connectivity index (χ2v) is 4.17. The maximum atomic E-state index is 5.93. The van der Waals surface area contributed by atoms with Gasteiger partial charge in [-0.2, -0.15) is 0 Å². The van der Waals surface area contributed by atoms with Gasteiger partial charge in [-0.3, -0.25) is 4.98 Å². The van der Waals surface area contributed by atoms with Crippen molar-refractivity contribution >= 4 is 11.6 Å². The van der Waals surface area contributed by atoms with E-state index in [1.165, 1.54) is 0 Å². The topological polar surface area (TPSA) is 22.1 Å². The first-order chi connectivity index (χ1) is 8.29. The average Bonchev–Trinajstić information content (AvgIpc) is 2.37. The molecule has 0 saturated carbocycles. The van der Waals surface area contributed by atoms with E-state index in [2.05, 4.69) is 11.9 Å². The van der Waals surface area contributed by atoms with Crippen molar-refractivity contribution in [2.75, 3.05) is 6.61 Å². The maximum absolute atomic E-state index is 5.93. The zero-order valence-electron chi connectivity index (χ0n) is 9.69. The highest BCUT2D eigenvalue weighted by atomic mass is 35.5. The highest BCUT2D eigenvalue weighted by molar-refractivity contribution is 6.30. The van der Waals surface area contributed by atoms with E-state index in [1.54, 1.807) is 12.3 Å². The van der Waals surface area contributed by atoms with Gasteiger partial charge in [0.15, 0.2) is 0 Å². The minimum atomic E-state index is 0.696. The Hall–Kier alpha value is -1.54. The Morgan fingerprint density at radius 3 is 2.59 bits per heavy atom. The number of pyridine rings is 1. The van der Waals surface area contributed by atoms with Crippen LogP contribution in [0.1, 0.15) is 13.3 Å². The molecule has 0 atom stereocenters. The van der Waals surface area contributed by atoms with Gasteiger partial charge < -0.3 is 4.74 Å². The van der Waals surface area contributed by atoms with E-state index in [9.17, 15) is 0 Å². The Labute approximate surface area is 106 Å². The first-order valence-corrected chi connectivity index (χ1v) is 6.02. The lowest BCUT2D eigenvalue weighted by Crippen LogP contribution is -1.94. The van der Waals surface area contributed by atoms with Gasteiger partial charge in [0.1, 0.15) is 5.75 Å². The fourth-order valence-electron chi connectivity index (χ4n) is 1.50. The largest absolute Gasteiger partial charge is 0.494 e. The zero-order chi connectivity index (χ0) is 12.1. The van der Waals surface area contributed by atoms with Gasteiger partial charge in [0.25, 0.3) is 0 Å². The van der Waals surface area contributed by atoms with Gasteiger partial charge in [-0.25, -0.2) is 0 Å². The minimum Gasteiger partial charge on any atom is -0.494 e. The monoisotopic (exact) mass is 247 g/mol. The van der Waals surface area contributed by atoms with Crippen molar-refractivity contribution in [1.82, 2.24) is 4.98 Å². The van der Waals surface area contributed by atoms with Crippen molar-refractivity contribution in [1.29, 1.82) is 0 Å². The van der Waals surface area contributed by atoms with Crippen LogP contribution in [0.5, 0.6) is 5.75 Å². The van der Waals surface area contributed by atoms with E-state index in [4.69, 9.17) is 16.3 Å². The number of aromatic nitrogens is 1. The summed E-state index contributed by atoms with van der Waals surface area (Å²) >= 11 is 5.93. The van der Waals surface area contributed by atoms with Crippen LogP contribution >= 0.6 is 11.6 Å². The molecule has 2 aromatic rings. The lowest BCUT2D eigenvalue weighted by atomic mass is 10.1. The van der Waals surface area contributed by atoms with E-state index < -0.39 is 0 Å². The van der Waals surface area contributed by atoms with Crippen molar-refractivity contribution in [3.05, 3.63) is 47.6 Å². The van der Waals surface area contributed by atoms with Crippen molar-refractivity contribution < 1.29 is 4.74 Å². The van der Waals surface area contributed by atoms with E-state index >= 15 is 0 Å². The molecule has 88 valence electrons. The van der Waals surface area contributed by atoms with Gasteiger partial charge in [-0.15, -0.1) is 0 Å². The van der Waals surface area contributed by atoms with Crippen LogP contribution in [0.4, 0.5) is 0 Å². The summed E-state index contributed by atoms with van der Waals surface area (Å²) < 4.78 is 5.52. The summed E-state index contributed by atoms with van der Waals surface area (Å²) in [6.45, 7) is 2.83. The van der Waals surface area contributed by atoms with Gasteiger partial charge in [-0.1, -0.05) is 18.5 Å². The van der Waals surface area contributed by atoms with Gasteiger partial charge in [0.05, 0.1) is 12.3 Å². The molecule has 0 N–H and O–H groups in total. The van der Waals surface area contributed by atoms with Crippen LogP contribution in [0.15, 0.2) is 42.6 Å². The summed E-state index contributed by atoms with van der Waals surface area (Å²) in [6, 6.07) is 11.5. The molecule has 0 fully saturated rings.